The number of hydrogen-bond acceptors (Lipinski definition) is 3. The van der Waals surface area contributed by atoms with Crippen LogP contribution < -0.4 is 5.73 Å². The minimum Gasteiger partial charge on any atom is -0.396 e. The minimum absolute atomic E-state index is 0.000694. The Morgan fingerprint density at radius 3 is 2.64 bits per heavy atom. The van der Waals surface area contributed by atoms with E-state index in [0.717, 1.165) is 0 Å². The number of likely N-dealkylation sites (tertiary alicyclic amines) is 1. The highest BCUT2D eigenvalue weighted by Crippen LogP contribution is 2.34. The van der Waals surface area contributed by atoms with Crippen LogP contribution >= 0.6 is 0 Å². The van der Waals surface area contributed by atoms with E-state index < -0.39 is 6.04 Å². The largest absolute Gasteiger partial charge is 0.396 e. The van der Waals surface area contributed by atoms with Gasteiger partial charge in [-0.25, -0.2) is 0 Å². The summed E-state index contributed by atoms with van der Waals surface area (Å²) in [6.07, 6.45) is 0. The van der Waals surface area contributed by atoms with Gasteiger partial charge in [-0.1, -0.05) is 13.8 Å². The maximum absolute atomic E-state index is 11.6. The molecule has 4 heteroatoms. The number of hydrogen-bond donors (Lipinski definition) is 2. The molecule has 1 aliphatic heterocycles. The van der Waals surface area contributed by atoms with Crippen molar-refractivity contribution in [2.24, 2.45) is 17.1 Å². The summed E-state index contributed by atoms with van der Waals surface area (Å²) < 4.78 is 0. The van der Waals surface area contributed by atoms with Crippen LogP contribution in [0, 0.1) is 11.3 Å². The molecule has 0 aromatic rings. The van der Waals surface area contributed by atoms with Gasteiger partial charge in [0.15, 0.2) is 0 Å². The average Bonchev–Trinajstić information content (AvgIpc) is 2.39. The van der Waals surface area contributed by atoms with Crippen molar-refractivity contribution in [1.29, 1.82) is 0 Å². The fraction of sp³-hybridized carbons (Fsp3) is 0.900. The first-order chi connectivity index (χ1) is 6.38. The standard InChI is InChI=1S/C10H20N2O2/c1-7(11)9(14)12-4-8(5-13)10(2,3)6-12/h7-8,13H,4-6,11H2,1-3H3/t7-,8+/m0/s1. The summed E-state index contributed by atoms with van der Waals surface area (Å²) in [4.78, 5) is 13.4. The maximum atomic E-state index is 11.6. The van der Waals surface area contributed by atoms with Crippen LogP contribution in [0.5, 0.6) is 0 Å². The molecule has 3 N–H and O–H groups in total. The van der Waals surface area contributed by atoms with Crippen LogP contribution in [-0.4, -0.2) is 41.7 Å². The van der Waals surface area contributed by atoms with Crippen molar-refractivity contribution in [2.45, 2.75) is 26.8 Å². The Morgan fingerprint density at radius 2 is 2.29 bits per heavy atom. The number of nitrogens with zero attached hydrogens (tertiary/aromatic N) is 1. The molecule has 1 fully saturated rings. The maximum Gasteiger partial charge on any atom is 0.239 e. The van der Waals surface area contributed by atoms with Crippen LogP contribution in [0.1, 0.15) is 20.8 Å². The van der Waals surface area contributed by atoms with Crippen molar-refractivity contribution in [3.63, 3.8) is 0 Å². The highest BCUT2D eigenvalue weighted by atomic mass is 16.3. The highest BCUT2D eigenvalue weighted by molar-refractivity contribution is 5.81. The third-order valence-corrected chi connectivity index (χ3v) is 3.07. The van der Waals surface area contributed by atoms with E-state index in [1.165, 1.54) is 0 Å². The second-order valence-corrected chi connectivity index (χ2v) is 4.88. The molecule has 1 aliphatic rings. The SMILES string of the molecule is C[C@H](N)C(=O)N1C[C@H](CO)C(C)(C)C1. The number of nitrogens with two attached hydrogens (primary N) is 1. The molecule has 0 radical (unpaired) electrons. The van der Waals surface area contributed by atoms with E-state index in [2.05, 4.69) is 13.8 Å². The van der Waals surface area contributed by atoms with E-state index in [9.17, 15) is 9.90 Å². The first-order valence-electron chi connectivity index (χ1n) is 5.03. The summed E-state index contributed by atoms with van der Waals surface area (Å²) in [6.45, 7) is 7.30. The molecule has 1 heterocycles. The number of carbonyl (C=O) groups excluding carboxylic acids is 1. The predicted molar refractivity (Wildman–Crippen MR) is 54.6 cm³/mol. The molecule has 0 aromatic heterocycles. The van der Waals surface area contributed by atoms with Gasteiger partial charge in [0.05, 0.1) is 6.04 Å². The minimum atomic E-state index is -0.441. The lowest BCUT2D eigenvalue weighted by molar-refractivity contribution is -0.131. The number of aliphatic hydroxyl groups is 1. The third kappa shape index (κ3) is 2.07. The fourth-order valence-electron chi connectivity index (χ4n) is 1.96. The van der Waals surface area contributed by atoms with Crippen LogP contribution in [0.15, 0.2) is 0 Å². The molecule has 1 amide bonds. The lowest BCUT2D eigenvalue weighted by Crippen LogP contribution is -2.41. The van der Waals surface area contributed by atoms with Crippen molar-refractivity contribution >= 4 is 5.91 Å². The topological polar surface area (TPSA) is 66.6 Å². The molecule has 1 saturated heterocycles. The second kappa shape index (κ2) is 3.87. The van der Waals surface area contributed by atoms with Crippen molar-refractivity contribution < 1.29 is 9.90 Å². The summed E-state index contributed by atoms with van der Waals surface area (Å²) >= 11 is 0. The molecule has 0 saturated carbocycles. The van der Waals surface area contributed by atoms with Crippen LogP contribution in [0.25, 0.3) is 0 Å². The van der Waals surface area contributed by atoms with Gasteiger partial charge >= 0.3 is 0 Å². The number of aliphatic hydroxyl groups excluding tert-OH is 1. The van der Waals surface area contributed by atoms with Gasteiger partial charge in [0.2, 0.25) is 5.91 Å². The number of amides is 1. The molecular formula is C10H20N2O2. The Bertz CT molecular complexity index is 226. The first kappa shape index (κ1) is 11.5. The van der Waals surface area contributed by atoms with Gasteiger partial charge in [0.1, 0.15) is 0 Å². The molecular weight excluding hydrogens is 180 g/mol. The van der Waals surface area contributed by atoms with Gasteiger partial charge in [-0.15, -0.1) is 0 Å². The van der Waals surface area contributed by atoms with Crippen molar-refractivity contribution in [1.82, 2.24) is 4.90 Å². The number of carbonyl (C=O) groups is 1. The molecule has 0 bridgehead atoms. The predicted octanol–water partition coefficient (Wildman–Crippen LogP) is -0.189. The van der Waals surface area contributed by atoms with Gasteiger partial charge in [-0.05, 0) is 12.3 Å². The van der Waals surface area contributed by atoms with Gasteiger partial charge in [0.25, 0.3) is 0 Å². The van der Waals surface area contributed by atoms with Crippen LogP contribution in [0.4, 0.5) is 0 Å². The lowest BCUT2D eigenvalue weighted by Gasteiger charge is -2.23. The molecule has 0 aliphatic carbocycles. The van der Waals surface area contributed by atoms with E-state index in [1.54, 1.807) is 11.8 Å². The molecule has 0 unspecified atom stereocenters. The number of rotatable bonds is 2. The molecule has 0 spiro atoms. The molecule has 4 nitrogen and oxygen atoms in total. The van der Waals surface area contributed by atoms with Gasteiger partial charge in [0, 0.05) is 25.6 Å². The quantitative estimate of drug-likeness (QED) is 0.649. The van der Waals surface area contributed by atoms with Gasteiger partial charge < -0.3 is 15.7 Å². The molecule has 1 rings (SSSR count). The van der Waals surface area contributed by atoms with E-state index in [-0.39, 0.29) is 23.8 Å². The summed E-state index contributed by atoms with van der Waals surface area (Å²) in [5.74, 6) is 0.152. The Labute approximate surface area is 85.1 Å². The van der Waals surface area contributed by atoms with Crippen LogP contribution in [0.3, 0.4) is 0 Å². The van der Waals surface area contributed by atoms with Gasteiger partial charge in [-0.3, -0.25) is 4.79 Å². The summed E-state index contributed by atoms with van der Waals surface area (Å²) in [5.41, 5.74) is 5.54. The van der Waals surface area contributed by atoms with Crippen LogP contribution in [0.2, 0.25) is 0 Å². The zero-order valence-corrected chi connectivity index (χ0v) is 9.16. The van der Waals surface area contributed by atoms with Gasteiger partial charge in [-0.2, -0.15) is 0 Å². The monoisotopic (exact) mass is 200 g/mol. The first-order valence-corrected chi connectivity index (χ1v) is 5.03. The van der Waals surface area contributed by atoms with E-state index in [1.807, 2.05) is 0 Å². The van der Waals surface area contributed by atoms with Crippen molar-refractivity contribution in [3.05, 3.63) is 0 Å². The fourth-order valence-corrected chi connectivity index (χ4v) is 1.96. The van der Waals surface area contributed by atoms with Crippen molar-refractivity contribution in [2.75, 3.05) is 19.7 Å². The molecule has 0 aromatic carbocycles. The smallest absolute Gasteiger partial charge is 0.239 e. The lowest BCUT2D eigenvalue weighted by atomic mass is 9.83. The summed E-state index contributed by atoms with van der Waals surface area (Å²) in [5, 5.41) is 9.17. The summed E-state index contributed by atoms with van der Waals surface area (Å²) in [7, 11) is 0. The normalized spacial score (nSPS) is 27.8. The molecule has 82 valence electrons. The average molecular weight is 200 g/mol. The second-order valence-electron chi connectivity index (χ2n) is 4.88. The Kier molecular flexibility index (Phi) is 3.17. The zero-order valence-electron chi connectivity index (χ0n) is 9.16. The highest BCUT2D eigenvalue weighted by Gasteiger charge is 2.41. The Balaban J connectivity index is 2.67. The van der Waals surface area contributed by atoms with Crippen molar-refractivity contribution in [3.8, 4) is 0 Å². The molecule has 2 atom stereocenters. The molecule has 14 heavy (non-hydrogen) atoms. The Morgan fingerprint density at radius 1 is 1.71 bits per heavy atom. The van der Waals surface area contributed by atoms with E-state index in [4.69, 9.17) is 5.73 Å². The van der Waals surface area contributed by atoms with Crippen LogP contribution in [-0.2, 0) is 4.79 Å². The zero-order chi connectivity index (χ0) is 10.9. The van der Waals surface area contributed by atoms with E-state index >= 15 is 0 Å². The third-order valence-electron chi connectivity index (χ3n) is 3.07. The Hall–Kier alpha value is -0.610. The summed E-state index contributed by atoms with van der Waals surface area (Å²) in [6, 6.07) is -0.441. The van der Waals surface area contributed by atoms with E-state index in [0.29, 0.717) is 13.1 Å².